The minimum absolute atomic E-state index is 0.0464. The van der Waals surface area contributed by atoms with Crippen molar-refractivity contribution in [2.45, 2.75) is 25.6 Å². The van der Waals surface area contributed by atoms with Crippen LogP contribution < -0.4 is 4.90 Å². The fourth-order valence-electron chi connectivity index (χ4n) is 3.83. The first-order valence-electron chi connectivity index (χ1n) is 9.01. The zero-order valence-electron chi connectivity index (χ0n) is 14.7. The molecule has 1 fully saturated rings. The van der Waals surface area contributed by atoms with E-state index < -0.39 is 0 Å². The molecular weight excluding hydrogens is 364 g/mol. The van der Waals surface area contributed by atoms with Gasteiger partial charge in [-0.25, -0.2) is 0 Å². The van der Waals surface area contributed by atoms with Gasteiger partial charge in [-0.05, 0) is 43.3 Å². The quantitative estimate of drug-likeness (QED) is 0.409. The number of nitrogens with zero attached hydrogens (tertiary/aromatic N) is 3. The van der Waals surface area contributed by atoms with Gasteiger partial charge in [0.15, 0.2) is 11.4 Å². The first-order chi connectivity index (χ1) is 13.0. The number of aliphatic hydroxyl groups excluding tert-OH is 1. The third kappa shape index (κ3) is 3.39. The van der Waals surface area contributed by atoms with Crippen LogP contribution in [0, 0.1) is 14.9 Å². The smallest absolute Gasteiger partial charge is 0.271 e. The Kier molecular flexibility index (Phi) is 4.77. The van der Waals surface area contributed by atoms with Crippen molar-refractivity contribution < 1.29 is 14.9 Å². The van der Waals surface area contributed by atoms with E-state index in [1.54, 1.807) is 12.1 Å². The minimum atomic E-state index is -0.385. The summed E-state index contributed by atoms with van der Waals surface area (Å²) in [4.78, 5) is 12.1. The Morgan fingerprint density at radius 2 is 2.00 bits per heavy atom. The zero-order chi connectivity index (χ0) is 19.0. The van der Waals surface area contributed by atoms with Crippen LogP contribution in [0.3, 0.4) is 0 Å². The van der Waals surface area contributed by atoms with Crippen molar-refractivity contribution >= 4 is 28.9 Å². The van der Waals surface area contributed by atoms with E-state index >= 15 is 0 Å². The lowest BCUT2D eigenvalue weighted by Crippen LogP contribution is -3.13. The van der Waals surface area contributed by atoms with Gasteiger partial charge in [0.2, 0.25) is 0 Å². The molecule has 1 aliphatic heterocycles. The molecular formula is C19H21N4O3S+. The highest BCUT2D eigenvalue weighted by molar-refractivity contribution is 7.71. The van der Waals surface area contributed by atoms with Gasteiger partial charge in [0, 0.05) is 17.8 Å². The van der Waals surface area contributed by atoms with Crippen LogP contribution >= 0.6 is 12.2 Å². The summed E-state index contributed by atoms with van der Waals surface area (Å²) in [6.45, 7) is 2.19. The number of quaternary nitrogens is 1. The van der Waals surface area contributed by atoms with Crippen molar-refractivity contribution in [2.75, 3.05) is 13.1 Å². The largest absolute Gasteiger partial charge is 0.387 e. The Bertz CT molecular complexity index is 1040. The van der Waals surface area contributed by atoms with Gasteiger partial charge in [0.1, 0.15) is 12.6 Å². The maximum atomic E-state index is 11.3. The normalized spacial score (nSPS) is 20.0. The number of imidazole rings is 1. The van der Waals surface area contributed by atoms with Gasteiger partial charge in [-0.1, -0.05) is 18.2 Å². The van der Waals surface area contributed by atoms with Crippen molar-refractivity contribution in [1.82, 2.24) is 9.13 Å². The summed E-state index contributed by atoms with van der Waals surface area (Å²) in [6, 6.07) is 14.6. The molecule has 1 aromatic heterocycles. The van der Waals surface area contributed by atoms with Crippen molar-refractivity contribution in [3.05, 3.63) is 63.4 Å². The van der Waals surface area contributed by atoms with Gasteiger partial charge in [0.25, 0.3) is 5.69 Å². The number of nitrogens with one attached hydrogen (secondary N) is 1. The summed E-state index contributed by atoms with van der Waals surface area (Å²) in [5.74, 6) is 0. The first kappa shape index (κ1) is 17.8. The highest BCUT2D eigenvalue weighted by atomic mass is 32.1. The summed E-state index contributed by atoms with van der Waals surface area (Å²) in [7, 11) is 0. The van der Waals surface area contributed by atoms with Gasteiger partial charge in [0.05, 0.1) is 22.5 Å². The molecule has 1 unspecified atom stereocenters. The lowest BCUT2D eigenvalue weighted by atomic mass is 10.1. The summed E-state index contributed by atoms with van der Waals surface area (Å²) >= 11 is 5.76. The van der Waals surface area contributed by atoms with Crippen LogP contribution in [0.1, 0.15) is 12.8 Å². The van der Waals surface area contributed by atoms with Crippen LogP contribution in [-0.4, -0.2) is 38.4 Å². The number of rotatable bonds is 4. The number of aromatic nitrogens is 2. The summed E-state index contributed by atoms with van der Waals surface area (Å²) in [6.07, 6.45) is 1.48. The number of benzene rings is 2. The maximum absolute atomic E-state index is 11.3. The van der Waals surface area contributed by atoms with Crippen molar-refractivity contribution in [2.24, 2.45) is 0 Å². The number of likely N-dealkylation sites (tertiary alicyclic amines) is 1. The molecule has 0 amide bonds. The number of fused-ring (bicyclic) bond motifs is 1. The molecule has 0 saturated carbocycles. The molecule has 4 rings (SSSR count). The third-order valence-electron chi connectivity index (χ3n) is 5.11. The summed E-state index contributed by atoms with van der Waals surface area (Å²) in [5.41, 5.74) is 2.55. The van der Waals surface area contributed by atoms with Crippen LogP contribution in [-0.2, 0) is 6.67 Å². The second-order valence-corrected chi connectivity index (χ2v) is 7.34. The molecule has 2 atom stereocenters. The highest BCUT2D eigenvalue weighted by Gasteiger charge is 2.24. The molecule has 0 spiro atoms. The molecule has 0 bridgehead atoms. The van der Waals surface area contributed by atoms with Crippen LogP contribution in [0.15, 0.2) is 48.5 Å². The molecule has 7 nitrogen and oxygen atoms in total. The third-order valence-corrected chi connectivity index (χ3v) is 5.51. The van der Waals surface area contributed by atoms with Crippen molar-refractivity contribution in [3.8, 4) is 5.69 Å². The molecule has 1 saturated heterocycles. The Morgan fingerprint density at radius 1 is 1.22 bits per heavy atom. The Hall–Kier alpha value is -2.55. The van der Waals surface area contributed by atoms with E-state index in [0.717, 1.165) is 36.1 Å². The SMILES string of the molecule is O=[N+]([O-])c1ccc2c(c1)n(C[NH+]1CCC[C@@H](O)C1)c(=S)n2-c1ccccc1. The number of non-ortho nitro benzene ring substituents is 1. The van der Waals surface area contributed by atoms with Gasteiger partial charge < -0.3 is 10.0 Å². The fraction of sp³-hybridized carbons (Fsp3) is 0.316. The minimum Gasteiger partial charge on any atom is -0.387 e. The average Bonchev–Trinajstić information content (AvgIpc) is 2.93. The van der Waals surface area contributed by atoms with Gasteiger partial charge in [-0.3, -0.25) is 19.2 Å². The predicted molar refractivity (Wildman–Crippen MR) is 105 cm³/mol. The van der Waals surface area contributed by atoms with E-state index in [-0.39, 0.29) is 16.7 Å². The van der Waals surface area contributed by atoms with Crippen molar-refractivity contribution in [1.29, 1.82) is 0 Å². The van der Waals surface area contributed by atoms with Crippen LogP contribution in [0.4, 0.5) is 5.69 Å². The molecule has 0 radical (unpaired) electrons. The Morgan fingerprint density at radius 3 is 2.70 bits per heavy atom. The molecule has 0 aliphatic carbocycles. The van der Waals surface area contributed by atoms with Crippen LogP contribution in [0.5, 0.6) is 0 Å². The van der Waals surface area contributed by atoms with E-state index in [0.29, 0.717) is 18.0 Å². The van der Waals surface area contributed by atoms with Gasteiger partial charge >= 0.3 is 0 Å². The molecule has 27 heavy (non-hydrogen) atoms. The molecule has 2 heterocycles. The van der Waals surface area contributed by atoms with E-state index in [1.165, 1.54) is 11.0 Å². The number of hydrogen-bond donors (Lipinski definition) is 2. The standard InChI is InChI=1S/C19H20N4O3S/c24-16-7-4-10-20(12-16)13-21-18-11-15(23(25)26)8-9-17(18)22(19(21)27)14-5-2-1-3-6-14/h1-3,5-6,8-9,11,16,24H,4,7,10,12-13H2/p+1/t16-/m1/s1. The maximum Gasteiger partial charge on any atom is 0.271 e. The van der Waals surface area contributed by atoms with E-state index in [1.807, 2.05) is 39.5 Å². The van der Waals surface area contributed by atoms with Crippen LogP contribution in [0.25, 0.3) is 16.7 Å². The number of nitro benzene ring substituents is 1. The molecule has 140 valence electrons. The first-order valence-corrected chi connectivity index (χ1v) is 9.42. The molecule has 1 aliphatic rings. The molecule has 8 heteroatoms. The van der Waals surface area contributed by atoms with E-state index in [4.69, 9.17) is 12.2 Å². The van der Waals surface area contributed by atoms with Crippen LogP contribution in [0.2, 0.25) is 0 Å². The number of aliphatic hydroxyl groups is 1. The second kappa shape index (κ2) is 7.22. The molecule has 2 N–H and O–H groups in total. The fourth-order valence-corrected chi connectivity index (χ4v) is 4.20. The Labute approximate surface area is 161 Å². The number of hydrogen-bond acceptors (Lipinski definition) is 4. The number of para-hydroxylation sites is 1. The molecule has 3 aromatic rings. The van der Waals surface area contributed by atoms with E-state index in [2.05, 4.69) is 0 Å². The summed E-state index contributed by atoms with van der Waals surface area (Å²) in [5, 5.41) is 21.3. The summed E-state index contributed by atoms with van der Waals surface area (Å²) < 4.78 is 4.51. The second-order valence-electron chi connectivity index (χ2n) is 6.97. The predicted octanol–water partition coefficient (Wildman–Crippen LogP) is 2.07. The lowest BCUT2D eigenvalue weighted by Gasteiger charge is -2.27. The molecule has 2 aromatic carbocycles. The van der Waals surface area contributed by atoms with Crippen molar-refractivity contribution in [3.63, 3.8) is 0 Å². The zero-order valence-corrected chi connectivity index (χ0v) is 15.6. The topological polar surface area (TPSA) is 77.7 Å². The monoisotopic (exact) mass is 385 g/mol. The Balaban J connectivity index is 1.88. The number of piperidine rings is 1. The van der Waals surface area contributed by atoms with E-state index in [9.17, 15) is 15.2 Å². The highest BCUT2D eigenvalue weighted by Crippen LogP contribution is 2.26. The van der Waals surface area contributed by atoms with Gasteiger partial charge in [-0.2, -0.15) is 0 Å². The van der Waals surface area contributed by atoms with Gasteiger partial charge in [-0.15, -0.1) is 0 Å². The number of nitro groups is 1. The average molecular weight is 385 g/mol. The lowest BCUT2D eigenvalue weighted by molar-refractivity contribution is -0.930.